The molecule has 10 heteroatoms. The van der Waals surface area contributed by atoms with Gasteiger partial charge < -0.3 is 4.74 Å². The number of nitrogens with one attached hydrogen (secondary N) is 1. The maximum Gasteiger partial charge on any atom is 0.350 e. The number of aryl methyl sites for hydroxylation is 1. The summed E-state index contributed by atoms with van der Waals surface area (Å²) >= 11 is 1.07. The first kappa shape index (κ1) is 24.1. The Morgan fingerprint density at radius 2 is 1.88 bits per heavy atom. The maximum atomic E-state index is 13.6. The predicted octanol–water partition coefficient (Wildman–Crippen LogP) is 3.92. The van der Waals surface area contributed by atoms with Gasteiger partial charge >= 0.3 is 5.97 Å². The van der Waals surface area contributed by atoms with E-state index >= 15 is 0 Å². The fraction of sp³-hybridized carbons (Fsp3) is 0.292. The highest BCUT2D eigenvalue weighted by molar-refractivity contribution is 7.89. The molecular formula is C24H25N3O5S2. The molecule has 1 aliphatic rings. The zero-order chi connectivity index (χ0) is 24.3. The molecule has 1 aliphatic carbocycles. The molecule has 1 heterocycles. The van der Waals surface area contributed by atoms with Crippen LogP contribution in [0.4, 0.5) is 5.13 Å². The van der Waals surface area contributed by atoms with E-state index in [1.165, 1.54) is 17.0 Å². The largest absolute Gasteiger partial charge is 0.462 e. The summed E-state index contributed by atoms with van der Waals surface area (Å²) < 4.78 is 33.1. The summed E-state index contributed by atoms with van der Waals surface area (Å²) in [5.41, 5.74) is 1.54. The SMILES string of the molecule is CCOC(=O)c1sc(N(Cc2ccccc2)C(=O)c2cccc(S(=O)(=O)NC3CC3)c2)nc1C. The average Bonchev–Trinajstić information content (AvgIpc) is 3.55. The number of amides is 1. The number of hydrogen-bond acceptors (Lipinski definition) is 7. The molecule has 1 aromatic heterocycles. The first-order valence-electron chi connectivity index (χ1n) is 10.9. The fourth-order valence-corrected chi connectivity index (χ4v) is 5.63. The quantitative estimate of drug-likeness (QED) is 0.448. The molecule has 0 radical (unpaired) electrons. The number of hydrogen-bond donors (Lipinski definition) is 1. The molecule has 0 unspecified atom stereocenters. The number of anilines is 1. The van der Waals surface area contributed by atoms with Crippen molar-refractivity contribution in [2.75, 3.05) is 11.5 Å². The number of carbonyl (C=O) groups is 2. The summed E-state index contributed by atoms with van der Waals surface area (Å²) in [4.78, 5) is 32.2. The van der Waals surface area contributed by atoms with Gasteiger partial charge in [0.25, 0.3) is 5.91 Å². The van der Waals surface area contributed by atoms with Crippen LogP contribution < -0.4 is 9.62 Å². The molecule has 1 amide bonds. The molecule has 0 saturated heterocycles. The van der Waals surface area contributed by atoms with Crippen molar-refractivity contribution in [2.24, 2.45) is 0 Å². The third-order valence-corrected chi connectivity index (χ3v) is 7.87. The van der Waals surface area contributed by atoms with Gasteiger partial charge in [0, 0.05) is 11.6 Å². The molecule has 4 rings (SSSR count). The molecule has 1 fully saturated rings. The molecule has 1 saturated carbocycles. The van der Waals surface area contributed by atoms with Crippen LogP contribution in [0, 0.1) is 6.92 Å². The van der Waals surface area contributed by atoms with Gasteiger partial charge in [0.05, 0.1) is 23.7 Å². The van der Waals surface area contributed by atoms with E-state index in [4.69, 9.17) is 4.74 Å². The average molecular weight is 500 g/mol. The highest BCUT2D eigenvalue weighted by atomic mass is 32.2. The van der Waals surface area contributed by atoms with Gasteiger partial charge in [-0.3, -0.25) is 9.69 Å². The summed E-state index contributed by atoms with van der Waals surface area (Å²) in [6.07, 6.45) is 1.63. The maximum absolute atomic E-state index is 13.6. The summed E-state index contributed by atoms with van der Waals surface area (Å²) in [5.74, 6) is -0.911. The Morgan fingerprint density at radius 1 is 1.15 bits per heavy atom. The summed E-state index contributed by atoms with van der Waals surface area (Å²) in [5, 5.41) is 0.332. The van der Waals surface area contributed by atoms with E-state index in [9.17, 15) is 18.0 Å². The highest BCUT2D eigenvalue weighted by Gasteiger charge is 2.29. The Hall–Kier alpha value is -3.08. The Balaban J connectivity index is 1.70. The molecule has 0 bridgehead atoms. The van der Waals surface area contributed by atoms with Crippen LogP contribution in [0.25, 0.3) is 0 Å². The molecule has 0 atom stereocenters. The molecule has 0 aliphatic heterocycles. The second-order valence-electron chi connectivity index (χ2n) is 7.93. The van der Waals surface area contributed by atoms with Crippen LogP contribution >= 0.6 is 11.3 Å². The molecule has 8 nitrogen and oxygen atoms in total. The minimum Gasteiger partial charge on any atom is -0.462 e. The lowest BCUT2D eigenvalue weighted by molar-refractivity contribution is 0.0531. The summed E-state index contributed by atoms with van der Waals surface area (Å²) in [6, 6.07) is 15.3. The first-order chi connectivity index (χ1) is 16.3. The highest BCUT2D eigenvalue weighted by Crippen LogP contribution is 2.30. The number of ether oxygens (including phenoxy) is 1. The van der Waals surface area contributed by atoms with Gasteiger partial charge in [-0.2, -0.15) is 0 Å². The molecule has 34 heavy (non-hydrogen) atoms. The van der Waals surface area contributed by atoms with Crippen LogP contribution in [-0.4, -0.2) is 37.9 Å². The second kappa shape index (κ2) is 10.0. The van der Waals surface area contributed by atoms with Crippen molar-refractivity contribution in [3.63, 3.8) is 0 Å². The first-order valence-corrected chi connectivity index (χ1v) is 13.2. The minimum atomic E-state index is -3.72. The summed E-state index contributed by atoms with van der Waals surface area (Å²) in [6.45, 7) is 3.84. The van der Waals surface area contributed by atoms with E-state index in [1.54, 1.807) is 26.0 Å². The van der Waals surface area contributed by atoms with Gasteiger partial charge in [-0.15, -0.1) is 0 Å². The monoisotopic (exact) mass is 499 g/mol. The van der Waals surface area contributed by atoms with Crippen LogP contribution in [-0.2, 0) is 21.3 Å². The number of benzene rings is 2. The van der Waals surface area contributed by atoms with Crippen molar-refractivity contribution in [2.45, 2.75) is 44.2 Å². The Morgan fingerprint density at radius 3 is 2.56 bits per heavy atom. The number of thiazole rings is 1. The third kappa shape index (κ3) is 5.52. The number of nitrogens with zero attached hydrogens (tertiary/aromatic N) is 2. The van der Waals surface area contributed by atoms with Crippen LogP contribution in [0.3, 0.4) is 0 Å². The van der Waals surface area contributed by atoms with Crippen molar-refractivity contribution in [3.05, 3.63) is 76.3 Å². The van der Waals surface area contributed by atoms with Crippen LogP contribution in [0.15, 0.2) is 59.5 Å². The number of aromatic nitrogens is 1. The molecule has 2 aromatic carbocycles. The molecular weight excluding hydrogens is 474 g/mol. The Labute approximate surface area is 202 Å². The zero-order valence-corrected chi connectivity index (χ0v) is 20.5. The number of esters is 1. The van der Waals surface area contributed by atoms with E-state index in [0.29, 0.717) is 15.7 Å². The zero-order valence-electron chi connectivity index (χ0n) is 18.9. The Bertz CT molecular complexity index is 1300. The normalized spacial score (nSPS) is 13.5. The Kier molecular flexibility index (Phi) is 7.11. The van der Waals surface area contributed by atoms with Gasteiger partial charge in [0.2, 0.25) is 10.0 Å². The smallest absolute Gasteiger partial charge is 0.350 e. The standard InChI is InChI=1S/C24H25N3O5S2/c1-3-32-23(29)21-16(2)25-24(33-21)27(15-17-8-5-4-6-9-17)22(28)18-10-7-11-20(14-18)34(30,31)26-19-12-13-19/h4-11,14,19,26H,3,12-13,15H2,1-2H3. The van der Waals surface area contributed by atoms with E-state index in [2.05, 4.69) is 9.71 Å². The number of carbonyl (C=O) groups excluding carboxylic acids is 2. The van der Waals surface area contributed by atoms with E-state index in [0.717, 1.165) is 29.7 Å². The predicted molar refractivity (Wildman–Crippen MR) is 130 cm³/mol. The molecule has 3 aromatic rings. The van der Waals surface area contributed by atoms with E-state index in [-0.39, 0.29) is 29.7 Å². The molecule has 1 N–H and O–H groups in total. The summed E-state index contributed by atoms with van der Waals surface area (Å²) in [7, 11) is -3.72. The van der Waals surface area contributed by atoms with Gasteiger partial charge in [0.15, 0.2) is 5.13 Å². The van der Waals surface area contributed by atoms with Crippen LogP contribution in [0.1, 0.15) is 51.1 Å². The fourth-order valence-electron chi connectivity index (χ4n) is 3.32. The lowest BCUT2D eigenvalue weighted by Gasteiger charge is -2.20. The lowest BCUT2D eigenvalue weighted by atomic mass is 10.1. The van der Waals surface area contributed by atoms with Crippen molar-refractivity contribution in [1.29, 1.82) is 0 Å². The minimum absolute atomic E-state index is 0.0347. The second-order valence-corrected chi connectivity index (χ2v) is 10.6. The van der Waals surface area contributed by atoms with Crippen molar-refractivity contribution in [3.8, 4) is 0 Å². The van der Waals surface area contributed by atoms with Gasteiger partial charge in [-0.25, -0.2) is 22.9 Å². The van der Waals surface area contributed by atoms with Crippen LogP contribution in [0.2, 0.25) is 0 Å². The number of rotatable bonds is 9. The van der Waals surface area contributed by atoms with E-state index < -0.39 is 21.9 Å². The van der Waals surface area contributed by atoms with Gasteiger partial charge in [-0.1, -0.05) is 47.7 Å². The van der Waals surface area contributed by atoms with Crippen molar-refractivity contribution < 1.29 is 22.7 Å². The molecule has 178 valence electrons. The third-order valence-electron chi connectivity index (χ3n) is 5.20. The number of sulfonamides is 1. The van der Waals surface area contributed by atoms with Crippen molar-refractivity contribution >= 4 is 38.4 Å². The van der Waals surface area contributed by atoms with Crippen molar-refractivity contribution in [1.82, 2.24) is 9.71 Å². The lowest BCUT2D eigenvalue weighted by Crippen LogP contribution is -2.31. The van der Waals surface area contributed by atoms with Gasteiger partial charge in [0.1, 0.15) is 4.88 Å². The van der Waals surface area contributed by atoms with Crippen LogP contribution in [0.5, 0.6) is 0 Å². The van der Waals surface area contributed by atoms with E-state index in [1.807, 2.05) is 30.3 Å². The molecule has 0 spiro atoms. The topological polar surface area (TPSA) is 106 Å². The van der Waals surface area contributed by atoms with Gasteiger partial charge in [-0.05, 0) is 50.5 Å².